The van der Waals surface area contributed by atoms with E-state index < -0.39 is 23.5 Å². The van der Waals surface area contributed by atoms with Gasteiger partial charge in [0.05, 0.1) is 0 Å². The summed E-state index contributed by atoms with van der Waals surface area (Å²) in [7, 11) is 0. The van der Waals surface area contributed by atoms with Crippen LogP contribution in [0.1, 0.15) is 37.8 Å². The Hall–Kier alpha value is -2.83. The lowest BCUT2D eigenvalue weighted by Crippen LogP contribution is -2.42. The third-order valence-electron chi connectivity index (χ3n) is 4.15. The Balaban J connectivity index is 2.16. The van der Waals surface area contributed by atoms with Gasteiger partial charge < -0.3 is 19.6 Å². The molecule has 2 N–H and O–H groups in total. The van der Waals surface area contributed by atoms with Gasteiger partial charge >= 0.3 is 11.6 Å². The molecule has 1 amide bonds. The molecule has 0 unspecified atom stereocenters. The van der Waals surface area contributed by atoms with E-state index in [-0.39, 0.29) is 6.61 Å². The van der Waals surface area contributed by atoms with E-state index in [1.807, 2.05) is 13.8 Å². The number of rotatable bonds is 8. The van der Waals surface area contributed by atoms with E-state index in [1.165, 1.54) is 6.07 Å². The van der Waals surface area contributed by atoms with Gasteiger partial charge in [-0.25, -0.2) is 9.59 Å². The summed E-state index contributed by atoms with van der Waals surface area (Å²) >= 11 is 0. The van der Waals surface area contributed by atoms with Crippen molar-refractivity contribution in [1.29, 1.82) is 0 Å². The molecular formula is C19H23NO6. The van der Waals surface area contributed by atoms with Crippen molar-refractivity contribution in [2.75, 3.05) is 6.61 Å². The highest BCUT2D eigenvalue weighted by Gasteiger charge is 2.19. The number of hydrogen-bond acceptors (Lipinski definition) is 5. The molecule has 0 fully saturated rings. The molecule has 140 valence electrons. The number of carboxylic acids is 1. The van der Waals surface area contributed by atoms with Gasteiger partial charge in [-0.1, -0.05) is 20.3 Å². The number of aliphatic carboxylic acids is 1. The van der Waals surface area contributed by atoms with Gasteiger partial charge in [-0.15, -0.1) is 0 Å². The predicted molar refractivity (Wildman–Crippen MR) is 96.6 cm³/mol. The van der Waals surface area contributed by atoms with Crippen molar-refractivity contribution in [1.82, 2.24) is 5.32 Å². The number of carboxylic acid groups (broad SMARTS) is 1. The molecule has 26 heavy (non-hydrogen) atoms. The largest absolute Gasteiger partial charge is 0.483 e. The first-order valence-corrected chi connectivity index (χ1v) is 8.58. The van der Waals surface area contributed by atoms with Crippen molar-refractivity contribution >= 4 is 22.8 Å². The molecule has 0 aliphatic carbocycles. The van der Waals surface area contributed by atoms with Crippen LogP contribution in [0.2, 0.25) is 0 Å². The van der Waals surface area contributed by atoms with E-state index in [0.717, 1.165) is 10.9 Å². The fourth-order valence-corrected chi connectivity index (χ4v) is 2.78. The second kappa shape index (κ2) is 8.51. The van der Waals surface area contributed by atoms with Crippen LogP contribution < -0.4 is 15.7 Å². The summed E-state index contributed by atoms with van der Waals surface area (Å²) in [5, 5.41) is 12.3. The number of amides is 1. The average molecular weight is 361 g/mol. The highest BCUT2D eigenvalue weighted by molar-refractivity contribution is 5.86. The maximum absolute atomic E-state index is 12.0. The second-order valence-corrected chi connectivity index (χ2v) is 6.05. The minimum absolute atomic E-state index is 0.322. The van der Waals surface area contributed by atoms with E-state index in [0.29, 0.717) is 36.2 Å². The van der Waals surface area contributed by atoms with Crippen molar-refractivity contribution in [2.45, 2.75) is 46.1 Å². The SMILES string of the molecule is CCC[C@H](NC(=O)COc1ccc2c(CC)cc(=O)oc2c1C)C(=O)O. The first-order valence-electron chi connectivity index (χ1n) is 8.58. The standard InChI is InChI=1S/C19H23NO6/c1-4-6-14(19(23)24)20-16(21)10-25-15-8-7-13-12(5-2)9-17(22)26-18(13)11(15)3/h7-9,14H,4-6,10H2,1-3H3,(H,20,21)(H,23,24)/t14-/m0/s1. The fraction of sp³-hybridized carbons (Fsp3) is 0.421. The minimum atomic E-state index is -1.07. The number of fused-ring (bicyclic) bond motifs is 1. The molecule has 0 saturated carbocycles. The van der Waals surface area contributed by atoms with E-state index in [4.69, 9.17) is 14.3 Å². The Kier molecular flexibility index (Phi) is 6.38. The molecule has 0 bridgehead atoms. The summed E-state index contributed by atoms with van der Waals surface area (Å²) in [4.78, 5) is 34.8. The molecule has 0 spiro atoms. The third-order valence-corrected chi connectivity index (χ3v) is 4.15. The first kappa shape index (κ1) is 19.5. The van der Waals surface area contributed by atoms with Crippen molar-refractivity contribution in [2.24, 2.45) is 0 Å². The highest BCUT2D eigenvalue weighted by atomic mass is 16.5. The molecule has 2 rings (SSSR count). The van der Waals surface area contributed by atoms with E-state index in [1.54, 1.807) is 19.1 Å². The van der Waals surface area contributed by atoms with Crippen LogP contribution in [0.5, 0.6) is 5.75 Å². The van der Waals surface area contributed by atoms with Gasteiger partial charge in [0.1, 0.15) is 17.4 Å². The number of carbonyl (C=O) groups excluding carboxylic acids is 1. The molecule has 2 aromatic rings. The summed E-state index contributed by atoms with van der Waals surface area (Å²) in [6.45, 7) is 5.22. The zero-order valence-corrected chi connectivity index (χ0v) is 15.1. The lowest BCUT2D eigenvalue weighted by atomic mass is 10.0. The van der Waals surface area contributed by atoms with Crippen LogP contribution in [0.25, 0.3) is 11.0 Å². The number of carbonyl (C=O) groups is 2. The van der Waals surface area contributed by atoms with Crippen LogP contribution in [-0.2, 0) is 16.0 Å². The Labute approximate surface area is 151 Å². The summed E-state index contributed by atoms with van der Waals surface area (Å²) in [6.07, 6.45) is 1.68. The molecular weight excluding hydrogens is 338 g/mol. The smallest absolute Gasteiger partial charge is 0.336 e. The van der Waals surface area contributed by atoms with E-state index >= 15 is 0 Å². The monoisotopic (exact) mass is 361 g/mol. The molecule has 1 atom stereocenters. The van der Waals surface area contributed by atoms with Crippen LogP contribution in [0, 0.1) is 6.92 Å². The third kappa shape index (κ3) is 4.41. The van der Waals surface area contributed by atoms with Crippen molar-refractivity contribution < 1.29 is 23.8 Å². The Morgan fingerprint density at radius 1 is 1.31 bits per heavy atom. The zero-order chi connectivity index (χ0) is 19.3. The number of nitrogens with one attached hydrogen (secondary N) is 1. The van der Waals surface area contributed by atoms with Crippen molar-refractivity contribution in [3.8, 4) is 5.75 Å². The Morgan fingerprint density at radius 3 is 2.65 bits per heavy atom. The van der Waals surface area contributed by atoms with Gasteiger partial charge in [-0.3, -0.25) is 4.79 Å². The topological polar surface area (TPSA) is 106 Å². The summed E-state index contributed by atoms with van der Waals surface area (Å²) in [5.41, 5.74) is 1.50. The summed E-state index contributed by atoms with van der Waals surface area (Å²) < 4.78 is 10.8. The molecule has 7 heteroatoms. The van der Waals surface area contributed by atoms with Crippen LogP contribution in [0.4, 0.5) is 0 Å². The van der Waals surface area contributed by atoms with E-state index in [2.05, 4.69) is 5.32 Å². The maximum atomic E-state index is 12.0. The average Bonchev–Trinajstić information content (AvgIpc) is 2.60. The predicted octanol–water partition coefficient (Wildman–Crippen LogP) is 2.41. The van der Waals surface area contributed by atoms with Crippen LogP contribution in [0.15, 0.2) is 27.4 Å². The maximum Gasteiger partial charge on any atom is 0.336 e. The van der Waals surface area contributed by atoms with Gasteiger partial charge in [-0.2, -0.15) is 0 Å². The summed E-state index contributed by atoms with van der Waals surface area (Å²) in [6, 6.07) is 4.04. The minimum Gasteiger partial charge on any atom is -0.483 e. The number of hydrogen-bond donors (Lipinski definition) is 2. The molecule has 0 radical (unpaired) electrons. The second-order valence-electron chi connectivity index (χ2n) is 6.05. The van der Waals surface area contributed by atoms with E-state index in [9.17, 15) is 14.4 Å². The summed E-state index contributed by atoms with van der Waals surface area (Å²) in [5.74, 6) is -1.18. The molecule has 0 aliphatic heterocycles. The normalized spacial score (nSPS) is 12.0. The number of aryl methyl sites for hydroxylation is 2. The lowest BCUT2D eigenvalue weighted by molar-refractivity contribution is -0.142. The molecule has 7 nitrogen and oxygen atoms in total. The van der Waals surface area contributed by atoms with Crippen LogP contribution >= 0.6 is 0 Å². The van der Waals surface area contributed by atoms with Crippen LogP contribution in [-0.4, -0.2) is 29.6 Å². The highest BCUT2D eigenvalue weighted by Crippen LogP contribution is 2.28. The van der Waals surface area contributed by atoms with Gasteiger partial charge in [0.15, 0.2) is 6.61 Å². The molecule has 1 aromatic heterocycles. The van der Waals surface area contributed by atoms with Gasteiger partial charge in [0.25, 0.3) is 5.91 Å². The Morgan fingerprint density at radius 2 is 2.04 bits per heavy atom. The van der Waals surface area contributed by atoms with Crippen molar-refractivity contribution in [3.63, 3.8) is 0 Å². The molecule has 1 aromatic carbocycles. The quantitative estimate of drug-likeness (QED) is 0.700. The molecule has 1 heterocycles. The Bertz CT molecular complexity index is 870. The van der Waals surface area contributed by atoms with Gasteiger partial charge in [-0.05, 0) is 37.5 Å². The lowest BCUT2D eigenvalue weighted by Gasteiger charge is -2.15. The number of benzene rings is 1. The first-order chi connectivity index (χ1) is 12.4. The molecule has 0 saturated heterocycles. The van der Waals surface area contributed by atoms with Gasteiger partial charge in [0, 0.05) is 17.0 Å². The fourth-order valence-electron chi connectivity index (χ4n) is 2.78. The van der Waals surface area contributed by atoms with Gasteiger partial charge in [0.2, 0.25) is 0 Å². The van der Waals surface area contributed by atoms with Crippen LogP contribution in [0.3, 0.4) is 0 Å². The zero-order valence-electron chi connectivity index (χ0n) is 15.1. The van der Waals surface area contributed by atoms with Crippen molar-refractivity contribution in [3.05, 3.63) is 39.7 Å². The molecule has 0 aliphatic rings. The number of ether oxygens (including phenoxy) is 1.